The zero-order valence-electron chi connectivity index (χ0n) is 13.5. The molecule has 0 fully saturated rings. The predicted molar refractivity (Wildman–Crippen MR) is 95.8 cm³/mol. The van der Waals surface area contributed by atoms with Gasteiger partial charge in [0, 0.05) is 4.90 Å². The monoisotopic (exact) mass is 340 g/mol. The molecular formula is C20H20O3S. The lowest BCUT2D eigenvalue weighted by Crippen LogP contribution is -2.34. The summed E-state index contributed by atoms with van der Waals surface area (Å²) in [4.78, 5) is 14.2. The van der Waals surface area contributed by atoms with Crippen LogP contribution in [0.15, 0.2) is 70.5 Å². The van der Waals surface area contributed by atoms with Crippen molar-refractivity contribution in [1.82, 2.24) is 0 Å². The number of Topliss-reactive ketones (excluding diaryl/α,β-unsaturated/α-hetero) is 1. The standard InChI is InChI=1S/C20H20O3S/c1-14-7-10-16(11-8-14)24-18-13-19(21)23-17(20(18)22)12-9-15-5-3-2-4-6-15/h2-8,10-11,13,17,19,21H,9,12H2,1H3/t17-,19?/m0/s1. The first-order valence-corrected chi connectivity index (χ1v) is 8.81. The Morgan fingerprint density at radius 3 is 2.50 bits per heavy atom. The predicted octanol–water partition coefficient (Wildman–Crippen LogP) is 3.89. The molecule has 2 aromatic rings. The molecule has 0 saturated heterocycles. The summed E-state index contributed by atoms with van der Waals surface area (Å²) in [6.45, 7) is 2.02. The van der Waals surface area contributed by atoms with E-state index in [1.54, 1.807) is 0 Å². The molecule has 0 radical (unpaired) electrons. The summed E-state index contributed by atoms with van der Waals surface area (Å²) in [5.41, 5.74) is 2.33. The van der Waals surface area contributed by atoms with Crippen LogP contribution in [0.1, 0.15) is 17.5 Å². The number of ketones is 1. The quantitative estimate of drug-likeness (QED) is 0.897. The highest BCUT2D eigenvalue weighted by Crippen LogP contribution is 2.32. The molecule has 2 atom stereocenters. The molecule has 0 bridgehead atoms. The van der Waals surface area contributed by atoms with Gasteiger partial charge in [-0.3, -0.25) is 4.79 Å². The van der Waals surface area contributed by atoms with Crippen molar-refractivity contribution >= 4 is 17.5 Å². The first-order chi connectivity index (χ1) is 11.6. The maximum Gasteiger partial charge on any atom is 0.198 e. The molecule has 0 aliphatic carbocycles. The van der Waals surface area contributed by atoms with E-state index in [1.165, 1.54) is 23.4 Å². The number of ether oxygens (including phenoxy) is 1. The minimum absolute atomic E-state index is 0.0539. The third-order valence-corrected chi connectivity index (χ3v) is 4.98. The number of aliphatic hydroxyl groups is 1. The van der Waals surface area contributed by atoms with Gasteiger partial charge in [0.2, 0.25) is 0 Å². The first-order valence-electron chi connectivity index (χ1n) is 8.00. The van der Waals surface area contributed by atoms with Gasteiger partial charge >= 0.3 is 0 Å². The highest BCUT2D eigenvalue weighted by atomic mass is 32.2. The van der Waals surface area contributed by atoms with Gasteiger partial charge in [-0.05, 0) is 43.5 Å². The number of rotatable bonds is 5. The minimum atomic E-state index is -1.03. The van der Waals surface area contributed by atoms with Crippen LogP contribution >= 0.6 is 11.8 Å². The molecule has 24 heavy (non-hydrogen) atoms. The molecule has 4 heteroatoms. The fourth-order valence-electron chi connectivity index (χ4n) is 2.60. The molecule has 0 amide bonds. The van der Waals surface area contributed by atoms with Crippen molar-refractivity contribution in [1.29, 1.82) is 0 Å². The van der Waals surface area contributed by atoms with Gasteiger partial charge in [0.1, 0.15) is 6.10 Å². The fraction of sp³-hybridized carbons (Fsp3) is 0.250. The Balaban J connectivity index is 1.67. The SMILES string of the molecule is Cc1ccc(SC2=CC(O)O[C@@H](CCc3ccccc3)C2=O)cc1. The minimum Gasteiger partial charge on any atom is -0.365 e. The van der Waals surface area contributed by atoms with Gasteiger partial charge in [-0.25, -0.2) is 0 Å². The van der Waals surface area contributed by atoms with Crippen LogP contribution in [0.4, 0.5) is 0 Å². The number of benzene rings is 2. The number of hydrogen-bond donors (Lipinski definition) is 1. The Kier molecular flexibility index (Phi) is 5.51. The zero-order chi connectivity index (χ0) is 16.9. The maximum atomic E-state index is 12.6. The van der Waals surface area contributed by atoms with E-state index in [4.69, 9.17) is 4.74 Å². The molecule has 0 spiro atoms. The van der Waals surface area contributed by atoms with Crippen molar-refractivity contribution in [3.8, 4) is 0 Å². The Labute approximate surface area is 146 Å². The molecular weight excluding hydrogens is 320 g/mol. The van der Waals surface area contributed by atoms with E-state index >= 15 is 0 Å². The second kappa shape index (κ2) is 7.79. The summed E-state index contributed by atoms with van der Waals surface area (Å²) in [5, 5.41) is 9.92. The Bertz CT molecular complexity index is 722. The summed E-state index contributed by atoms with van der Waals surface area (Å²) in [6.07, 6.45) is 1.17. The van der Waals surface area contributed by atoms with Crippen molar-refractivity contribution in [3.05, 3.63) is 76.7 Å². The average molecular weight is 340 g/mol. The molecule has 0 aromatic heterocycles. The summed E-state index contributed by atoms with van der Waals surface area (Å²) < 4.78 is 5.42. The lowest BCUT2D eigenvalue weighted by atomic mass is 10.0. The first kappa shape index (κ1) is 17.0. The van der Waals surface area contributed by atoms with Crippen LogP contribution in [-0.2, 0) is 16.0 Å². The lowest BCUT2D eigenvalue weighted by molar-refractivity contribution is -0.149. The molecule has 1 aliphatic rings. The molecule has 3 nitrogen and oxygen atoms in total. The maximum absolute atomic E-state index is 12.6. The van der Waals surface area contributed by atoms with E-state index < -0.39 is 12.4 Å². The summed E-state index contributed by atoms with van der Waals surface area (Å²) in [6, 6.07) is 18.0. The fourth-order valence-corrected chi connectivity index (χ4v) is 3.54. The Hall–Kier alpha value is -1.88. The van der Waals surface area contributed by atoms with Crippen LogP contribution < -0.4 is 0 Å². The smallest absolute Gasteiger partial charge is 0.198 e. The molecule has 1 aliphatic heterocycles. The van der Waals surface area contributed by atoms with Crippen LogP contribution in [0.5, 0.6) is 0 Å². The van der Waals surface area contributed by atoms with E-state index in [0.717, 1.165) is 16.9 Å². The Morgan fingerprint density at radius 1 is 1.08 bits per heavy atom. The van der Waals surface area contributed by atoms with Gasteiger partial charge < -0.3 is 9.84 Å². The van der Waals surface area contributed by atoms with Crippen LogP contribution in [0.3, 0.4) is 0 Å². The Morgan fingerprint density at radius 2 is 1.79 bits per heavy atom. The number of thioether (sulfide) groups is 1. The van der Waals surface area contributed by atoms with Crippen LogP contribution in [0, 0.1) is 6.92 Å². The van der Waals surface area contributed by atoms with E-state index in [-0.39, 0.29) is 5.78 Å². The van der Waals surface area contributed by atoms with E-state index in [9.17, 15) is 9.90 Å². The van der Waals surface area contributed by atoms with Crippen molar-refractivity contribution in [2.24, 2.45) is 0 Å². The number of aryl methyl sites for hydroxylation is 2. The molecule has 1 heterocycles. The summed E-state index contributed by atoms with van der Waals surface area (Å²) in [7, 11) is 0. The molecule has 1 N–H and O–H groups in total. The third-order valence-electron chi connectivity index (χ3n) is 3.92. The average Bonchev–Trinajstić information content (AvgIpc) is 2.59. The van der Waals surface area contributed by atoms with Gasteiger partial charge in [-0.2, -0.15) is 0 Å². The molecule has 0 saturated carbocycles. The van der Waals surface area contributed by atoms with Crippen LogP contribution in [0.25, 0.3) is 0 Å². The van der Waals surface area contributed by atoms with E-state index in [1.807, 2.05) is 61.5 Å². The summed E-state index contributed by atoms with van der Waals surface area (Å²) in [5.74, 6) is -0.0539. The van der Waals surface area contributed by atoms with Gasteiger partial charge in [0.15, 0.2) is 12.1 Å². The lowest BCUT2D eigenvalue weighted by Gasteiger charge is -2.25. The molecule has 124 valence electrons. The van der Waals surface area contributed by atoms with Crippen molar-refractivity contribution in [2.45, 2.75) is 37.1 Å². The summed E-state index contributed by atoms with van der Waals surface area (Å²) >= 11 is 1.38. The number of aliphatic hydroxyl groups excluding tert-OH is 1. The second-order valence-electron chi connectivity index (χ2n) is 5.85. The van der Waals surface area contributed by atoms with Crippen LogP contribution in [-0.4, -0.2) is 23.3 Å². The van der Waals surface area contributed by atoms with Crippen molar-refractivity contribution in [3.63, 3.8) is 0 Å². The topological polar surface area (TPSA) is 46.5 Å². The second-order valence-corrected chi connectivity index (χ2v) is 6.97. The van der Waals surface area contributed by atoms with Gasteiger partial charge in [-0.1, -0.05) is 59.8 Å². The highest BCUT2D eigenvalue weighted by Gasteiger charge is 2.30. The van der Waals surface area contributed by atoms with Crippen molar-refractivity contribution < 1.29 is 14.6 Å². The van der Waals surface area contributed by atoms with Gasteiger partial charge in [0.05, 0.1) is 4.91 Å². The molecule has 2 aromatic carbocycles. The third kappa shape index (κ3) is 4.35. The number of hydrogen-bond acceptors (Lipinski definition) is 4. The largest absolute Gasteiger partial charge is 0.365 e. The van der Waals surface area contributed by atoms with Gasteiger partial charge in [-0.15, -0.1) is 0 Å². The van der Waals surface area contributed by atoms with E-state index in [2.05, 4.69) is 0 Å². The highest BCUT2D eigenvalue weighted by molar-refractivity contribution is 8.04. The zero-order valence-corrected chi connectivity index (χ0v) is 14.3. The van der Waals surface area contributed by atoms with E-state index in [0.29, 0.717) is 11.3 Å². The number of carbonyl (C=O) groups excluding carboxylic acids is 1. The molecule has 3 rings (SSSR count). The van der Waals surface area contributed by atoms with Crippen LogP contribution in [0.2, 0.25) is 0 Å². The van der Waals surface area contributed by atoms with Crippen molar-refractivity contribution in [2.75, 3.05) is 0 Å². The van der Waals surface area contributed by atoms with Gasteiger partial charge in [0.25, 0.3) is 0 Å². The normalized spacial score (nSPS) is 20.8. The number of carbonyl (C=O) groups is 1. The molecule has 1 unspecified atom stereocenters.